The summed E-state index contributed by atoms with van der Waals surface area (Å²) in [5.74, 6) is 1.18. The maximum absolute atomic E-state index is 12.8. The minimum absolute atomic E-state index is 0.161. The second-order valence-electron chi connectivity index (χ2n) is 7.66. The van der Waals surface area contributed by atoms with Crippen LogP contribution in [-0.2, 0) is 19.5 Å². The summed E-state index contributed by atoms with van der Waals surface area (Å²) in [7, 11) is 0. The molecule has 1 unspecified atom stereocenters. The standard InChI is InChI=1S/C21H25N5O2S/c1-13(2)26-19(23-24-21(26)29)11-22-20(27)16-8-9-28-18(16)12-25-14(3)10-15-6-4-5-7-17(15)25/h4-9,13-14H,10-12H2,1-3H3,(H,22,27)(H,24,29). The highest BCUT2D eigenvalue weighted by Crippen LogP contribution is 2.33. The van der Waals surface area contributed by atoms with Crippen LogP contribution >= 0.6 is 12.2 Å². The number of hydrogen-bond acceptors (Lipinski definition) is 5. The van der Waals surface area contributed by atoms with Crippen molar-refractivity contribution in [3.05, 3.63) is 64.1 Å². The zero-order valence-electron chi connectivity index (χ0n) is 16.8. The number of fused-ring (bicyclic) bond motifs is 1. The first-order valence-corrected chi connectivity index (χ1v) is 10.2. The van der Waals surface area contributed by atoms with E-state index in [4.69, 9.17) is 16.6 Å². The smallest absolute Gasteiger partial charge is 0.255 e. The normalized spacial score (nSPS) is 15.7. The molecule has 0 spiro atoms. The Balaban J connectivity index is 1.48. The molecular formula is C21H25N5O2S. The predicted molar refractivity (Wildman–Crippen MR) is 113 cm³/mol. The average molecular weight is 412 g/mol. The van der Waals surface area contributed by atoms with E-state index in [0.29, 0.717) is 34.5 Å². The maximum atomic E-state index is 12.8. The van der Waals surface area contributed by atoms with E-state index in [0.717, 1.165) is 6.42 Å². The molecule has 3 aromatic rings. The summed E-state index contributed by atoms with van der Waals surface area (Å²) in [6.07, 6.45) is 2.57. The first-order valence-electron chi connectivity index (χ1n) is 9.80. The Morgan fingerprint density at radius 3 is 2.97 bits per heavy atom. The monoisotopic (exact) mass is 411 g/mol. The molecule has 7 nitrogen and oxygen atoms in total. The molecule has 0 bridgehead atoms. The molecule has 8 heteroatoms. The van der Waals surface area contributed by atoms with Crippen LogP contribution in [-0.4, -0.2) is 26.7 Å². The van der Waals surface area contributed by atoms with Crippen molar-refractivity contribution in [2.75, 3.05) is 4.90 Å². The quantitative estimate of drug-likeness (QED) is 0.600. The molecular weight excluding hydrogens is 386 g/mol. The molecule has 0 aliphatic carbocycles. The molecule has 29 heavy (non-hydrogen) atoms. The van der Waals surface area contributed by atoms with Crippen molar-refractivity contribution in [3.63, 3.8) is 0 Å². The van der Waals surface area contributed by atoms with E-state index >= 15 is 0 Å². The van der Waals surface area contributed by atoms with Gasteiger partial charge in [0.15, 0.2) is 10.6 Å². The Morgan fingerprint density at radius 2 is 2.17 bits per heavy atom. The van der Waals surface area contributed by atoms with E-state index in [-0.39, 0.29) is 18.5 Å². The second kappa shape index (κ2) is 7.87. The molecule has 0 saturated carbocycles. The first kappa shape index (κ1) is 19.4. The van der Waals surface area contributed by atoms with Gasteiger partial charge in [-0.2, -0.15) is 5.10 Å². The van der Waals surface area contributed by atoms with E-state index < -0.39 is 0 Å². The van der Waals surface area contributed by atoms with Crippen LogP contribution in [0.15, 0.2) is 41.0 Å². The number of benzene rings is 1. The lowest BCUT2D eigenvalue weighted by molar-refractivity contribution is 0.0947. The predicted octanol–water partition coefficient (Wildman–Crippen LogP) is 4.00. The van der Waals surface area contributed by atoms with Crippen molar-refractivity contribution in [2.45, 2.75) is 52.4 Å². The SMILES string of the molecule is CC1Cc2ccccc2N1Cc1occc1C(=O)NCc1n[nH]c(=S)n1C(C)C. The third kappa shape index (κ3) is 3.72. The third-order valence-electron chi connectivity index (χ3n) is 5.35. The van der Waals surface area contributed by atoms with Gasteiger partial charge in [0.25, 0.3) is 5.91 Å². The van der Waals surface area contributed by atoms with Crippen LogP contribution in [0.4, 0.5) is 5.69 Å². The largest absolute Gasteiger partial charge is 0.467 e. The van der Waals surface area contributed by atoms with Gasteiger partial charge in [0, 0.05) is 17.8 Å². The number of furan rings is 1. The highest BCUT2D eigenvalue weighted by Gasteiger charge is 2.28. The molecule has 0 fully saturated rings. The van der Waals surface area contributed by atoms with Gasteiger partial charge < -0.3 is 19.2 Å². The van der Waals surface area contributed by atoms with Gasteiger partial charge in [-0.15, -0.1) is 0 Å². The van der Waals surface area contributed by atoms with Gasteiger partial charge in [0.1, 0.15) is 5.76 Å². The second-order valence-corrected chi connectivity index (χ2v) is 8.05. The molecule has 2 aromatic heterocycles. The molecule has 1 aromatic carbocycles. The average Bonchev–Trinajstić information content (AvgIpc) is 3.38. The van der Waals surface area contributed by atoms with Crippen LogP contribution in [0.25, 0.3) is 0 Å². The van der Waals surface area contributed by atoms with Gasteiger partial charge in [0.05, 0.1) is 24.9 Å². The molecule has 1 aliphatic rings. The van der Waals surface area contributed by atoms with Crippen molar-refractivity contribution in [3.8, 4) is 0 Å². The van der Waals surface area contributed by atoms with Gasteiger partial charge in [-0.1, -0.05) is 18.2 Å². The van der Waals surface area contributed by atoms with E-state index in [1.54, 1.807) is 12.3 Å². The van der Waals surface area contributed by atoms with Gasteiger partial charge in [-0.3, -0.25) is 9.89 Å². The minimum atomic E-state index is -0.182. The number of nitrogens with one attached hydrogen (secondary N) is 2. The highest BCUT2D eigenvalue weighted by molar-refractivity contribution is 7.71. The Morgan fingerprint density at radius 1 is 1.38 bits per heavy atom. The van der Waals surface area contributed by atoms with Crippen molar-refractivity contribution in [2.24, 2.45) is 0 Å². The summed E-state index contributed by atoms with van der Waals surface area (Å²) in [6, 6.07) is 10.6. The van der Waals surface area contributed by atoms with Crippen LogP contribution in [0.2, 0.25) is 0 Å². The van der Waals surface area contributed by atoms with Gasteiger partial charge in [0.2, 0.25) is 0 Å². The summed E-state index contributed by atoms with van der Waals surface area (Å²) in [4.78, 5) is 15.1. The van der Waals surface area contributed by atoms with Gasteiger partial charge >= 0.3 is 0 Å². The molecule has 0 saturated heterocycles. The highest BCUT2D eigenvalue weighted by atomic mass is 32.1. The molecule has 1 atom stereocenters. The summed E-state index contributed by atoms with van der Waals surface area (Å²) in [5.41, 5.74) is 3.08. The number of amides is 1. The number of aromatic nitrogens is 3. The molecule has 3 heterocycles. The zero-order valence-corrected chi connectivity index (χ0v) is 17.6. The summed E-state index contributed by atoms with van der Waals surface area (Å²) in [6.45, 7) is 7.09. The van der Waals surface area contributed by atoms with Crippen LogP contribution in [0, 0.1) is 4.77 Å². The summed E-state index contributed by atoms with van der Waals surface area (Å²) in [5, 5.41) is 9.96. The van der Waals surface area contributed by atoms with Crippen LogP contribution in [0.3, 0.4) is 0 Å². The fourth-order valence-electron chi connectivity index (χ4n) is 3.94. The molecule has 2 N–H and O–H groups in total. The molecule has 4 rings (SSSR count). The lowest BCUT2D eigenvalue weighted by Crippen LogP contribution is -2.30. The van der Waals surface area contributed by atoms with Crippen molar-refractivity contribution in [1.29, 1.82) is 0 Å². The number of nitrogens with zero attached hydrogens (tertiary/aromatic N) is 3. The lowest BCUT2D eigenvalue weighted by atomic mass is 10.1. The third-order valence-corrected chi connectivity index (χ3v) is 5.64. The number of para-hydroxylation sites is 1. The molecule has 0 radical (unpaired) electrons. The Labute approximate surface area is 174 Å². The van der Waals surface area contributed by atoms with Crippen molar-refractivity contribution < 1.29 is 9.21 Å². The van der Waals surface area contributed by atoms with E-state index in [1.807, 2.05) is 24.5 Å². The fraction of sp³-hybridized carbons (Fsp3) is 0.381. The maximum Gasteiger partial charge on any atom is 0.255 e. The fourth-order valence-corrected chi connectivity index (χ4v) is 4.30. The summed E-state index contributed by atoms with van der Waals surface area (Å²) >= 11 is 5.26. The number of rotatable bonds is 6. The Kier molecular flexibility index (Phi) is 5.27. The Bertz CT molecular complexity index is 1080. The van der Waals surface area contributed by atoms with Gasteiger partial charge in [-0.25, -0.2) is 0 Å². The topological polar surface area (TPSA) is 79.1 Å². The number of anilines is 1. The van der Waals surface area contributed by atoms with Crippen LogP contribution < -0.4 is 10.2 Å². The van der Waals surface area contributed by atoms with Crippen LogP contribution in [0.1, 0.15) is 54.3 Å². The number of aromatic amines is 1. The molecule has 1 aliphatic heterocycles. The van der Waals surface area contributed by atoms with Crippen molar-refractivity contribution in [1.82, 2.24) is 20.1 Å². The minimum Gasteiger partial charge on any atom is -0.467 e. The number of carbonyl (C=O) groups is 1. The van der Waals surface area contributed by atoms with E-state index in [2.05, 4.69) is 45.5 Å². The zero-order chi connectivity index (χ0) is 20.5. The van der Waals surface area contributed by atoms with E-state index in [1.165, 1.54) is 11.3 Å². The van der Waals surface area contributed by atoms with Crippen molar-refractivity contribution >= 4 is 23.8 Å². The molecule has 1 amide bonds. The number of carbonyl (C=O) groups excluding carboxylic acids is 1. The van der Waals surface area contributed by atoms with Crippen LogP contribution in [0.5, 0.6) is 0 Å². The van der Waals surface area contributed by atoms with Gasteiger partial charge in [-0.05, 0) is 57.1 Å². The number of H-pyrrole nitrogens is 1. The summed E-state index contributed by atoms with van der Waals surface area (Å²) < 4.78 is 8.13. The number of hydrogen-bond donors (Lipinski definition) is 2. The van der Waals surface area contributed by atoms with E-state index in [9.17, 15) is 4.79 Å². The Hall–Kier alpha value is -2.87. The molecule has 152 valence electrons. The lowest BCUT2D eigenvalue weighted by Gasteiger charge is -2.24. The first-order chi connectivity index (χ1) is 14.0.